The van der Waals surface area contributed by atoms with Crippen molar-refractivity contribution < 1.29 is 4.79 Å². The Hall–Kier alpha value is -2.44. The van der Waals surface area contributed by atoms with Gasteiger partial charge in [0.05, 0.1) is 16.4 Å². The molecule has 1 aromatic heterocycles. The molecule has 0 atom stereocenters. The van der Waals surface area contributed by atoms with E-state index >= 15 is 0 Å². The van der Waals surface area contributed by atoms with Gasteiger partial charge < -0.3 is 5.32 Å². The van der Waals surface area contributed by atoms with Crippen LogP contribution in [0, 0.1) is 0 Å². The first kappa shape index (κ1) is 17.4. The van der Waals surface area contributed by atoms with E-state index in [9.17, 15) is 9.59 Å². The molecule has 0 bridgehead atoms. The van der Waals surface area contributed by atoms with E-state index < -0.39 is 0 Å². The number of hydrogen-bond acceptors (Lipinski definition) is 3. The first-order valence-electron chi connectivity index (χ1n) is 7.41. The van der Waals surface area contributed by atoms with Gasteiger partial charge in [-0.25, -0.2) is 4.68 Å². The zero-order valence-electron chi connectivity index (χ0n) is 12.9. The number of nitrogens with zero attached hydrogens (tertiary/aromatic N) is 2. The monoisotopic (exact) mass is 417 g/mol. The van der Waals surface area contributed by atoms with Crippen molar-refractivity contribution in [2.24, 2.45) is 0 Å². The molecular formula is C18H13BrClN3O2. The Morgan fingerprint density at radius 1 is 1.08 bits per heavy atom. The summed E-state index contributed by atoms with van der Waals surface area (Å²) in [4.78, 5) is 24.2. The number of carbonyl (C=O) groups excluding carboxylic acids is 1. The second kappa shape index (κ2) is 7.63. The highest BCUT2D eigenvalue weighted by Gasteiger charge is 2.10. The fourth-order valence-electron chi connectivity index (χ4n) is 2.23. The third-order valence-electron chi connectivity index (χ3n) is 3.45. The summed E-state index contributed by atoms with van der Waals surface area (Å²) in [5.74, 6) is -0.379. The SMILES string of the molecule is O=C(Cn1nc(-c2ccc(Br)cc2)ccc1=O)Nc1ccccc1Cl. The number of amides is 1. The van der Waals surface area contributed by atoms with Gasteiger partial charge in [-0.3, -0.25) is 9.59 Å². The molecule has 0 saturated carbocycles. The van der Waals surface area contributed by atoms with Crippen LogP contribution in [0.3, 0.4) is 0 Å². The summed E-state index contributed by atoms with van der Waals surface area (Å²) in [6.45, 7) is -0.200. The van der Waals surface area contributed by atoms with Crippen molar-refractivity contribution in [1.82, 2.24) is 9.78 Å². The Morgan fingerprint density at radius 2 is 1.80 bits per heavy atom. The van der Waals surface area contributed by atoms with E-state index in [4.69, 9.17) is 11.6 Å². The van der Waals surface area contributed by atoms with Crippen molar-refractivity contribution in [3.05, 3.63) is 80.5 Å². The molecule has 0 spiro atoms. The van der Waals surface area contributed by atoms with E-state index in [-0.39, 0.29) is 18.0 Å². The highest BCUT2D eigenvalue weighted by Crippen LogP contribution is 2.21. The largest absolute Gasteiger partial charge is 0.323 e. The average Bonchev–Trinajstić information content (AvgIpc) is 2.60. The molecule has 1 heterocycles. The molecule has 2 aromatic carbocycles. The molecule has 25 heavy (non-hydrogen) atoms. The number of anilines is 1. The molecule has 0 unspecified atom stereocenters. The third-order valence-corrected chi connectivity index (χ3v) is 4.31. The number of benzene rings is 2. The molecule has 3 rings (SSSR count). The lowest BCUT2D eigenvalue weighted by Gasteiger charge is -2.09. The predicted octanol–water partition coefficient (Wildman–Crippen LogP) is 3.96. The van der Waals surface area contributed by atoms with Crippen molar-refractivity contribution in [3.63, 3.8) is 0 Å². The Morgan fingerprint density at radius 3 is 2.52 bits per heavy atom. The van der Waals surface area contributed by atoms with Gasteiger partial charge in [0.15, 0.2) is 0 Å². The number of rotatable bonds is 4. The van der Waals surface area contributed by atoms with Gasteiger partial charge in [-0.2, -0.15) is 5.10 Å². The van der Waals surface area contributed by atoms with Gasteiger partial charge in [0.2, 0.25) is 5.91 Å². The minimum atomic E-state index is -0.379. The van der Waals surface area contributed by atoms with Crippen molar-refractivity contribution in [3.8, 4) is 11.3 Å². The smallest absolute Gasteiger partial charge is 0.267 e. The second-order valence-electron chi connectivity index (χ2n) is 5.25. The van der Waals surface area contributed by atoms with Gasteiger partial charge >= 0.3 is 0 Å². The van der Waals surface area contributed by atoms with Crippen LogP contribution in [0.1, 0.15) is 0 Å². The number of para-hydroxylation sites is 1. The highest BCUT2D eigenvalue weighted by atomic mass is 79.9. The van der Waals surface area contributed by atoms with Gasteiger partial charge in [-0.15, -0.1) is 0 Å². The van der Waals surface area contributed by atoms with Crippen LogP contribution >= 0.6 is 27.5 Å². The van der Waals surface area contributed by atoms with Crippen LogP contribution in [-0.2, 0) is 11.3 Å². The van der Waals surface area contributed by atoms with E-state index in [1.54, 1.807) is 30.3 Å². The summed E-state index contributed by atoms with van der Waals surface area (Å²) in [7, 11) is 0. The standard InChI is InChI=1S/C18H13BrClN3O2/c19-13-7-5-12(6-8-13)15-9-10-18(25)23(22-15)11-17(24)21-16-4-2-1-3-14(16)20/h1-10H,11H2,(H,21,24). The molecule has 0 radical (unpaired) electrons. The summed E-state index contributed by atoms with van der Waals surface area (Å²) >= 11 is 9.39. The van der Waals surface area contributed by atoms with Gasteiger partial charge in [0.25, 0.3) is 5.56 Å². The Balaban J connectivity index is 1.81. The first-order valence-corrected chi connectivity index (χ1v) is 8.58. The second-order valence-corrected chi connectivity index (χ2v) is 6.57. The van der Waals surface area contributed by atoms with E-state index in [0.717, 1.165) is 14.7 Å². The van der Waals surface area contributed by atoms with Crippen LogP contribution in [0.4, 0.5) is 5.69 Å². The van der Waals surface area contributed by atoms with E-state index in [2.05, 4.69) is 26.3 Å². The molecule has 1 amide bonds. The molecule has 7 heteroatoms. The number of aromatic nitrogens is 2. The number of halogens is 2. The zero-order valence-corrected chi connectivity index (χ0v) is 15.3. The van der Waals surface area contributed by atoms with Crippen LogP contribution in [-0.4, -0.2) is 15.7 Å². The predicted molar refractivity (Wildman–Crippen MR) is 102 cm³/mol. The van der Waals surface area contributed by atoms with Gasteiger partial charge in [-0.05, 0) is 30.3 Å². The lowest BCUT2D eigenvalue weighted by molar-refractivity contribution is -0.117. The lowest BCUT2D eigenvalue weighted by atomic mass is 10.1. The maximum atomic E-state index is 12.2. The summed E-state index contributed by atoms with van der Waals surface area (Å²) in [6, 6.07) is 17.5. The normalized spacial score (nSPS) is 10.5. The van der Waals surface area contributed by atoms with Crippen molar-refractivity contribution in [1.29, 1.82) is 0 Å². The van der Waals surface area contributed by atoms with Gasteiger partial charge in [-0.1, -0.05) is 51.8 Å². The van der Waals surface area contributed by atoms with Gasteiger partial charge in [0, 0.05) is 16.1 Å². The average molecular weight is 419 g/mol. The van der Waals surface area contributed by atoms with Crippen molar-refractivity contribution in [2.45, 2.75) is 6.54 Å². The first-order chi connectivity index (χ1) is 12.0. The quantitative estimate of drug-likeness (QED) is 0.697. The molecule has 0 fully saturated rings. The molecule has 0 saturated heterocycles. The summed E-state index contributed by atoms with van der Waals surface area (Å²) in [5.41, 5.74) is 1.60. The minimum absolute atomic E-state index is 0.200. The minimum Gasteiger partial charge on any atom is -0.323 e. The zero-order chi connectivity index (χ0) is 17.8. The van der Waals surface area contributed by atoms with Crippen LogP contribution in [0.5, 0.6) is 0 Å². The highest BCUT2D eigenvalue weighted by molar-refractivity contribution is 9.10. The molecule has 3 aromatic rings. The number of nitrogens with one attached hydrogen (secondary N) is 1. The topological polar surface area (TPSA) is 64.0 Å². The molecule has 5 nitrogen and oxygen atoms in total. The van der Waals surface area contributed by atoms with Crippen LogP contribution in [0.25, 0.3) is 11.3 Å². The molecule has 1 N–H and O–H groups in total. The van der Waals surface area contributed by atoms with Crippen molar-refractivity contribution >= 4 is 39.1 Å². The van der Waals surface area contributed by atoms with Crippen LogP contribution in [0.2, 0.25) is 5.02 Å². The molecule has 0 aliphatic heterocycles. The van der Waals surface area contributed by atoms with E-state index in [1.807, 2.05) is 24.3 Å². The number of carbonyl (C=O) groups is 1. The fraction of sp³-hybridized carbons (Fsp3) is 0.0556. The summed E-state index contributed by atoms with van der Waals surface area (Å²) < 4.78 is 2.08. The number of hydrogen-bond donors (Lipinski definition) is 1. The fourth-order valence-corrected chi connectivity index (χ4v) is 2.67. The maximum absolute atomic E-state index is 12.2. The van der Waals surface area contributed by atoms with Gasteiger partial charge in [0.1, 0.15) is 6.54 Å². The Kier molecular flexibility index (Phi) is 5.31. The van der Waals surface area contributed by atoms with Crippen LogP contribution < -0.4 is 10.9 Å². The third kappa shape index (κ3) is 4.35. The molecular weight excluding hydrogens is 406 g/mol. The lowest BCUT2D eigenvalue weighted by Crippen LogP contribution is -2.29. The summed E-state index contributed by atoms with van der Waals surface area (Å²) in [5, 5.41) is 7.38. The molecule has 126 valence electrons. The summed E-state index contributed by atoms with van der Waals surface area (Å²) in [6.07, 6.45) is 0. The van der Waals surface area contributed by atoms with Crippen molar-refractivity contribution in [2.75, 3.05) is 5.32 Å². The maximum Gasteiger partial charge on any atom is 0.267 e. The van der Waals surface area contributed by atoms with E-state index in [1.165, 1.54) is 6.07 Å². The molecule has 0 aliphatic carbocycles. The molecule has 0 aliphatic rings. The Labute approximate surface area is 157 Å². The van der Waals surface area contributed by atoms with Crippen LogP contribution in [0.15, 0.2) is 69.9 Å². The Bertz CT molecular complexity index is 971. The van der Waals surface area contributed by atoms with E-state index in [0.29, 0.717) is 16.4 Å².